The third kappa shape index (κ3) is 4.96. The molecule has 0 bridgehead atoms. The Bertz CT molecular complexity index is 781. The number of nitrogens with zero attached hydrogens (tertiary/aromatic N) is 1. The lowest BCUT2D eigenvalue weighted by molar-refractivity contribution is 0.0687. The van der Waals surface area contributed by atoms with Gasteiger partial charge in [0.15, 0.2) is 5.78 Å². The zero-order valence-electron chi connectivity index (χ0n) is 15.9. The molecule has 1 aliphatic heterocycles. The van der Waals surface area contributed by atoms with Gasteiger partial charge in [0.2, 0.25) is 0 Å². The van der Waals surface area contributed by atoms with Crippen LogP contribution >= 0.6 is 12.4 Å². The number of likely N-dealkylation sites (tertiary alicyclic amines) is 1. The highest BCUT2D eigenvalue weighted by Gasteiger charge is 2.26. The number of carbonyl (C=O) groups is 2. The zero-order chi connectivity index (χ0) is 18.5. The summed E-state index contributed by atoms with van der Waals surface area (Å²) >= 11 is 0. The van der Waals surface area contributed by atoms with E-state index in [1.54, 1.807) is 12.1 Å². The second-order valence-corrected chi connectivity index (χ2v) is 7.03. The van der Waals surface area contributed by atoms with Crippen molar-refractivity contribution in [2.24, 2.45) is 5.92 Å². The number of carbonyl (C=O) groups excluding carboxylic acids is 2. The Morgan fingerprint density at radius 1 is 1.00 bits per heavy atom. The van der Waals surface area contributed by atoms with Crippen molar-refractivity contribution in [2.45, 2.75) is 19.8 Å². The minimum absolute atomic E-state index is 0. The van der Waals surface area contributed by atoms with E-state index in [2.05, 4.69) is 5.32 Å². The molecule has 3 rings (SSSR count). The first kappa shape index (κ1) is 21.1. The molecule has 4 nitrogen and oxygen atoms in total. The Morgan fingerprint density at radius 2 is 1.59 bits per heavy atom. The van der Waals surface area contributed by atoms with Crippen LogP contribution in [0.15, 0.2) is 48.5 Å². The number of hydrogen-bond acceptors (Lipinski definition) is 3. The van der Waals surface area contributed by atoms with Gasteiger partial charge in [-0.1, -0.05) is 48.0 Å². The molecule has 144 valence electrons. The van der Waals surface area contributed by atoms with E-state index < -0.39 is 0 Å². The number of benzene rings is 2. The average molecular weight is 387 g/mol. The fraction of sp³-hybridized carbons (Fsp3) is 0.364. The number of aryl methyl sites for hydroxylation is 1. The van der Waals surface area contributed by atoms with E-state index in [4.69, 9.17) is 0 Å². The molecule has 1 saturated heterocycles. The van der Waals surface area contributed by atoms with Crippen LogP contribution in [0.5, 0.6) is 0 Å². The van der Waals surface area contributed by atoms with Crippen LogP contribution < -0.4 is 5.32 Å². The van der Waals surface area contributed by atoms with Gasteiger partial charge in [-0.2, -0.15) is 0 Å². The topological polar surface area (TPSA) is 49.4 Å². The molecule has 0 saturated carbocycles. The largest absolute Gasteiger partial charge is 0.339 e. The molecule has 27 heavy (non-hydrogen) atoms. The first-order valence-electron chi connectivity index (χ1n) is 9.24. The first-order valence-corrected chi connectivity index (χ1v) is 9.24. The molecule has 0 unspecified atom stereocenters. The molecule has 2 aromatic carbocycles. The van der Waals surface area contributed by atoms with Crippen molar-refractivity contribution in [1.82, 2.24) is 10.2 Å². The summed E-state index contributed by atoms with van der Waals surface area (Å²) < 4.78 is 0. The molecule has 0 aromatic heterocycles. The summed E-state index contributed by atoms with van der Waals surface area (Å²) in [6.45, 7) is 4.48. The van der Waals surface area contributed by atoms with Crippen molar-refractivity contribution in [2.75, 3.05) is 26.7 Å². The van der Waals surface area contributed by atoms with E-state index in [0.717, 1.165) is 38.0 Å². The summed E-state index contributed by atoms with van der Waals surface area (Å²) in [5, 5.41) is 3.21. The monoisotopic (exact) mass is 386 g/mol. The number of amides is 1. The van der Waals surface area contributed by atoms with Gasteiger partial charge in [-0.05, 0) is 45.3 Å². The van der Waals surface area contributed by atoms with Crippen LogP contribution in [-0.2, 0) is 0 Å². The molecular formula is C22H27ClN2O2. The van der Waals surface area contributed by atoms with Crippen LogP contribution in [-0.4, -0.2) is 43.3 Å². The van der Waals surface area contributed by atoms with Gasteiger partial charge in [-0.25, -0.2) is 0 Å². The molecule has 0 radical (unpaired) electrons. The summed E-state index contributed by atoms with van der Waals surface area (Å²) in [5.41, 5.74) is 2.71. The summed E-state index contributed by atoms with van der Waals surface area (Å²) in [4.78, 5) is 27.8. The number of ketones is 1. The Balaban J connectivity index is 0.00000261. The normalized spacial score (nSPS) is 14.5. The maximum atomic E-state index is 13.0. The van der Waals surface area contributed by atoms with E-state index in [9.17, 15) is 9.59 Å². The van der Waals surface area contributed by atoms with Gasteiger partial charge in [0.1, 0.15) is 0 Å². The van der Waals surface area contributed by atoms with Crippen LogP contribution in [0.25, 0.3) is 0 Å². The molecule has 2 aromatic rings. The van der Waals surface area contributed by atoms with Gasteiger partial charge in [0.05, 0.1) is 5.56 Å². The van der Waals surface area contributed by atoms with Crippen molar-refractivity contribution in [3.8, 4) is 0 Å². The number of halogens is 1. The smallest absolute Gasteiger partial charge is 0.254 e. The average Bonchev–Trinajstić information content (AvgIpc) is 2.68. The third-order valence-electron chi connectivity index (χ3n) is 5.11. The second kappa shape index (κ2) is 9.67. The molecule has 1 amide bonds. The van der Waals surface area contributed by atoms with Crippen molar-refractivity contribution in [1.29, 1.82) is 0 Å². The van der Waals surface area contributed by atoms with Gasteiger partial charge in [-0.3, -0.25) is 9.59 Å². The van der Waals surface area contributed by atoms with E-state index >= 15 is 0 Å². The number of hydrogen-bond donors (Lipinski definition) is 1. The standard InChI is InChI=1S/C22H26N2O2.ClH/c1-16-7-9-18(10-8-16)21(25)19-5-3-4-6-20(19)22(26)24-13-11-17(12-14-24)15-23-2;/h3-10,17,23H,11-15H2,1-2H3;1H. The van der Waals surface area contributed by atoms with Crippen LogP contribution in [0.3, 0.4) is 0 Å². The highest BCUT2D eigenvalue weighted by atomic mass is 35.5. The number of piperidine rings is 1. The molecule has 1 aliphatic rings. The van der Waals surface area contributed by atoms with Crippen LogP contribution in [0.4, 0.5) is 0 Å². The fourth-order valence-corrected chi connectivity index (χ4v) is 3.53. The van der Waals surface area contributed by atoms with Gasteiger partial charge in [-0.15, -0.1) is 12.4 Å². The molecule has 0 spiro atoms. The van der Waals surface area contributed by atoms with Gasteiger partial charge >= 0.3 is 0 Å². The van der Waals surface area contributed by atoms with Crippen LogP contribution in [0.2, 0.25) is 0 Å². The predicted molar refractivity (Wildman–Crippen MR) is 111 cm³/mol. The molecular weight excluding hydrogens is 360 g/mol. The Labute approximate surface area is 167 Å². The summed E-state index contributed by atoms with van der Waals surface area (Å²) in [7, 11) is 1.96. The Morgan fingerprint density at radius 3 is 2.19 bits per heavy atom. The number of rotatable bonds is 5. The molecule has 1 heterocycles. The molecule has 1 N–H and O–H groups in total. The Kier molecular flexibility index (Phi) is 7.57. The van der Waals surface area contributed by atoms with E-state index in [1.165, 1.54) is 0 Å². The lowest BCUT2D eigenvalue weighted by Gasteiger charge is -2.32. The van der Waals surface area contributed by atoms with Gasteiger partial charge in [0, 0.05) is 24.2 Å². The van der Waals surface area contributed by atoms with Gasteiger partial charge < -0.3 is 10.2 Å². The van der Waals surface area contributed by atoms with E-state index in [-0.39, 0.29) is 24.1 Å². The minimum atomic E-state index is -0.0981. The quantitative estimate of drug-likeness (QED) is 0.797. The van der Waals surface area contributed by atoms with E-state index in [1.807, 2.05) is 55.3 Å². The molecule has 5 heteroatoms. The first-order chi connectivity index (χ1) is 12.6. The highest BCUT2D eigenvalue weighted by molar-refractivity contribution is 6.15. The minimum Gasteiger partial charge on any atom is -0.339 e. The molecule has 0 aliphatic carbocycles. The highest BCUT2D eigenvalue weighted by Crippen LogP contribution is 2.21. The number of nitrogens with one attached hydrogen (secondary N) is 1. The summed E-state index contributed by atoms with van der Waals surface area (Å²) in [6.07, 6.45) is 2.00. The van der Waals surface area contributed by atoms with Crippen molar-refractivity contribution in [3.63, 3.8) is 0 Å². The SMILES string of the molecule is CNCC1CCN(C(=O)c2ccccc2C(=O)c2ccc(C)cc2)CC1.Cl. The van der Waals surface area contributed by atoms with E-state index in [0.29, 0.717) is 22.6 Å². The third-order valence-corrected chi connectivity index (χ3v) is 5.11. The van der Waals surface area contributed by atoms with Crippen molar-refractivity contribution < 1.29 is 9.59 Å². The fourth-order valence-electron chi connectivity index (χ4n) is 3.53. The van der Waals surface area contributed by atoms with Crippen molar-refractivity contribution in [3.05, 3.63) is 70.8 Å². The van der Waals surface area contributed by atoms with Crippen LogP contribution in [0.1, 0.15) is 44.7 Å². The maximum absolute atomic E-state index is 13.0. The summed E-state index contributed by atoms with van der Waals surface area (Å²) in [6, 6.07) is 14.6. The Hall–Kier alpha value is -2.17. The lowest BCUT2D eigenvalue weighted by Crippen LogP contribution is -2.40. The van der Waals surface area contributed by atoms with Crippen molar-refractivity contribution >= 4 is 24.1 Å². The predicted octanol–water partition coefficient (Wildman–Crippen LogP) is 3.72. The second-order valence-electron chi connectivity index (χ2n) is 7.03. The summed E-state index contributed by atoms with van der Waals surface area (Å²) in [5.74, 6) is 0.483. The molecule has 0 atom stereocenters. The van der Waals surface area contributed by atoms with Crippen LogP contribution in [0, 0.1) is 12.8 Å². The zero-order valence-corrected chi connectivity index (χ0v) is 16.7. The maximum Gasteiger partial charge on any atom is 0.254 e. The van der Waals surface area contributed by atoms with Gasteiger partial charge in [0.25, 0.3) is 5.91 Å². The molecule has 1 fully saturated rings. The lowest BCUT2D eigenvalue weighted by atomic mass is 9.94.